The molecule has 6 heteroatoms. The molecule has 0 aromatic heterocycles. The monoisotopic (exact) mass is 505 g/mol. The molecule has 0 bridgehead atoms. The minimum absolute atomic E-state index is 0. The van der Waals surface area contributed by atoms with E-state index in [1.807, 2.05) is 47.4 Å². The Kier molecular flexibility index (Phi) is 10.3. The molecule has 0 unspecified atom stereocenters. The van der Waals surface area contributed by atoms with Gasteiger partial charge in [-0.2, -0.15) is 0 Å². The normalized spacial score (nSPS) is 10.4. The number of amides is 1. The third-order valence-electron chi connectivity index (χ3n) is 5.87. The van der Waals surface area contributed by atoms with Gasteiger partial charge in [0.1, 0.15) is 0 Å². The van der Waals surface area contributed by atoms with E-state index in [-0.39, 0.29) is 41.0 Å². The summed E-state index contributed by atoms with van der Waals surface area (Å²) in [6.07, 6.45) is 1.73. The Morgan fingerprint density at radius 2 is 1.36 bits per heavy atom. The molecular weight excluding hydrogens is 481 g/mol. The maximum Gasteiger partial charge on any atom is 1.00 e. The summed E-state index contributed by atoms with van der Waals surface area (Å²) >= 11 is 6.02. The van der Waals surface area contributed by atoms with Gasteiger partial charge >= 0.3 is 29.6 Å². The van der Waals surface area contributed by atoms with E-state index in [1.54, 1.807) is 36.4 Å². The Labute approximate surface area is 238 Å². The summed E-state index contributed by atoms with van der Waals surface area (Å²) in [5.41, 5.74) is 4.83. The van der Waals surface area contributed by atoms with Crippen LogP contribution in [0.3, 0.4) is 0 Å². The van der Waals surface area contributed by atoms with E-state index >= 15 is 0 Å². The zero-order valence-electron chi connectivity index (χ0n) is 20.2. The van der Waals surface area contributed by atoms with Gasteiger partial charge in [-0.25, -0.2) is 0 Å². The van der Waals surface area contributed by atoms with E-state index in [4.69, 9.17) is 11.6 Å². The first kappa shape index (κ1) is 27.7. The van der Waals surface area contributed by atoms with Gasteiger partial charge in [0.15, 0.2) is 0 Å². The van der Waals surface area contributed by atoms with E-state index in [0.717, 1.165) is 29.5 Å². The topological polar surface area (TPSA) is 60.4 Å². The van der Waals surface area contributed by atoms with Crippen LogP contribution in [-0.2, 0) is 13.0 Å². The second kappa shape index (κ2) is 13.4. The van der Waals surface area contributed by atoms with Gasteiger partial charge < -0.3 is 14.8 Å². The Morgan fingerprint density at radius 3 is 2.03 bits per heavy atom. The van der Waals surface area contributed by atoms with Gasteiger partial charge in [-0.1, -0.05) is 84.4 Å². The second-order valence-corrected chi connectivity index (χ2v) is 8.82. The fourth-order valence-corrected chi connectivity index (χ4v) is 4.14. The summed E-state index contributed by atoms with van der Waals surface area (Å²) in [5.74, 6) is -1.24. The van der Waals surface area contributed by atoms with Crippen LogP contribution in [0.25, 0.3) is 11.1 Å². The van der Waals surface area contributed by atoms with Crippen molar-refractivity contribution >= 4 is 23.5 Å². The van der Waals surface area contributed by atoms with E-state index in [1.165, 1.54) is 17.7 Å². The van der Waals surface area contributed by atoms with Crippen LogP contribution in [0.4, 0.5) is 0 Å². The van der Waals surface area contributed by atoms with Crippen molar-refractivity contribution in [2.45, 2.75) is 19.4 Å². The van der Waals surface area contributed by atoms with Crippen molar-refractivity contribution in [3.05, 3.63) is 130 Å². The summed E-state index contributed by atoms with van der Waals surface area (Å²) in [5, 5.41) is 11.6. The Balaban J connectivity index is 0.00000361. The molecule has 0 spiro atoms. The number of carboxylic acid groups (broad SMARTS) is 1. The van der Waals surface area contributed by atoms with E-state index in [9.17, 15) is 14.7 Å². The van der Waals surface area contributed by atoms with Gasteiger partial charge in [0.05, 0.1) is 5.97 Å². The van der Waals surface area contributed by atoms with Crippen molar-refractivity contribution in [1.82, 2.24) is 4.90 Å². The average molecular weight is 506 g/mol. The van der Waals surface area contributed by atoms with Gasteiger partial charge in [0.25, 0.3) is 5.91 Å². The molecule has 1 amide bonds. The standard InChI is InChI=1S/C30H26ClNO3.Na/c31-28-17-15-25(16-18-28)29(33)32(19-5-9-22-6-2-1-3-7-22)21-23-8-4-10-27(20-23)24-11-13-26(14-12-24)30(34)35;/h1-4,6-8,10-18,20H,5,9,19,21H2,(H,34,35);/q;+1/p-1. The first-order chi connectivity index (χ1) is 17.0. The number of aryl methyl sites for hydroxylation is 1. The first-order valence-electron chi connectivity index (χ1n) is 11.5. The summed E-state index contributed by atoms with van der Waals surface area (Å²) in [4.78, 5) is 26.3. The molecule has 0 aliphatic rings. The zero-order valence-corrected chi connectivity index (χ0v) is 22.9. The maximum absolute atomic E-state index is 13.4. The zero-order chi connectivity index (χ0) is 24.6. The molecule has 4 rings (SSSR count). The number of halogens is 1. The Hall–Kier alpha value is -2.89. The van der Waals surface area contributed by atoms with Crippen LogP contribution in [0.1, 0.15) is 38.3 Å². The van der Waals surface area contributed by atoms with Crippen molar-refractivity contribution in [2.24, 2.45) is 0 Å². The van der Waals surface area contributed by atoms with Crippen molar-refractivity contribution in [3.8, 4) is 11.1 Å². The predicted octanol–water partition coefficient (Wildman–Crippen LogP) is 2.65. The van der Waals surface area contributed by atoms with Crippen LogP contribution in [0, 0.1) is 0 Å². The number of carbonyl (C=O) groups is 2. The summed E-state index contributed by atoms with van der Waals surface area (Å²) in [6.45, 7) is 1.07. The number of nitrogens with zero attached hydrogens (tertiary/aromatic N) is 1. The number of carboxylic acids is 1. The molecule has 0 fully saturated rings. The number of hydrogen-bond acceptors (Lipinski definition) is 3. The molecule has 0 radical (unpaired) electrons. The number of rotatable bonds is 9. The van der Waals surface area contributed by atoms with Gasteiger partial charge in [0, 0.05) is 23.7 Å². The van der Waals surface area contributed by atoms with Gasteiger partial charge in [-0.3, -0.25) is 4.79 Å². The van der Waals surface area contributed by atoms with Crippen LogP contribution < -0.4 is 34.7 Å². The first-order valence-corrected chi connectivity index (χ1v) is 11.9. The number of benzene rings is 4. The summed E-state index contributed by atoms with van der Waals surface area (Å²) < 4.78 is 0. The molecule has 4 aromatic carbocycles. The molecule has 0 heterocycles. The largest absolute Gasteiger partial charge is 1.00 e. The fourth-order valence-electron chi connectivity index (χ4n) is 4.01. The van der Waals surface area contributed by atoms with Crippen LogP contribution >= 0.6 is 11.6 Å². The molecule has 0 aliphatic carbocycles. The van der Waals surface area contributed by atoms with Gasteiger partial charge in [-0.05, 0) is 71.0 Å². The third-order valence-corrected chi connectivity index (χ3v) is 6.12. The van der Waals surface area contributed by atoms with Crippen LogP contribution in [-0.4, -0.2) is 23.3 Å². The number of aromatic carboxylic acids is 1. The molecule has 0 atom stereocenters. The van der Waals surface area contributed by atoms with Crippen molar-refractivity contribution in [2.75, 3.05) is 6.54 Å². The molecule has 0 saturated carbocycles. The van der Waals surface area contributed by atoms with E-state index in [2.05, 4.69) is 12.1 Å². The minimum Gasteiger partial charge on any atom is -0.545 e. The van der Waals surface area contributed by atoms with Crippen molar-refractivity contribution in [1.29, 1.82) is 0 Å². The Morgan fingerprint density at radius 1 is 0.722 bits per heavy atom. The number of carbonyl (C=O) groups excluding carboxylic acids is 2. The quantitative estimate of drug-likeness (QED) is 0.329. The third kappa shape index (κ3) is 7.55. The van der Waals surface area contributed by atoms with Gasteiger partial charge in [0.2, 0.25) is 0 Å². The van der Waals surface area contributed by atoms with E-state index < -0.39 is 5.97 Å². The average Bonchev–Trinajstić information content (AvgIpc) is 2.89. The SMILES string of the molecule is O=C([O-])c1ccc(-c2cccc(CN(CCCc3ccccc3)C(=O)c3ccc(Cl)cc3)c2)cc1.[Na+]. The van der Waals surface area contributed by atoms with Crippen LogP contribution in [0.5, 0.6) is 0 Å². The smallest absolute Gasteiger partial charge is 0.545 e. The van der Waals surface area contributed by atoms with Crippen molar-refractivity contribution < 1.29 is 44.3 Å². The van der Waals surface area contributed by atoms with Crippen molar-refractivity contribution in [3.63, 3.8) is 0 Å². The summed E-state index contributed by atoms with van der Waals surface area (Å²) in [6, 6.07) is 31.8. The number of hydrogen-bond donors (Lipinski definition) is 0. The molecule has 36 heavy (non-hydrogen) atoms. The predicted molar refractivity (Wildman–Crippen MR) is 137 cm³/mol. The molecule has 4 nitrogen and oxygen atoms in total. The second-order valence-electron chi connectivity index (χ2n) is 8.39. The molecule has 0 saturated heterocycles. The van der Waals surface area contributed by atoms with Crippen LogP contribution in [0.2, 0.25) is 5.02 Å². The van der Waals surface area contributed by atoms with E-state index in [0.29, 0.717) is 23.7 Å². The molecule has 176 valence electrons. The van der Waals surface area contributed by atoms with Gasteiger partial charge in [-0.15, -0.1) is 0 Å². The molecule has 0 N–H and O–H groups in total. The maximum atomic E-state index is 13.4. The minimum atomic E-state index is -1.20. The molecule has 4 aromatic rings. The Bertz CT molecular complexity index is 1290. The fraction of sp³-hybridized carbons (Fsp3) is 0.133. The summed E-state index contributed by atoms with van der Waals surface area (Å²) in [7, 11) is 0. The molecular formula is C30H25ClNNaO3. The van der Waals surface area contributed by atoms with Crippen LogP contribution in [0.15, 0.2) is 103 Å². The molecule has 0 aliphatic heterocycles.